The molecule has 0 saturated carbocycles. The molecule has 0 spiro atoms. The largest absolute Gasteiger partial charge is 0.379 e. The van der Waals surface area contributed by atoms with Crippen LogP contribution in [-0.2, 0) is 14.3 Å². The summed E-state index contributed by atoms with van der Waals surface area (Å²) >= 11 is 0. The molecule has 2 amide bonds. The molecule has 2 aliphatic heterocycles. The van der Waals surface area contributed by atoms with Gasteiger partial charge >= 0.3 is 0 Å². The fraction of sp³-hybridized carbons (Fsp3) is 0.882. The van der Waals surface area contributed by atoms with Crippen LogP contribution in [0.1, 0.15) is 26.7 Å². The topological polar surface area (TPSA) is 87.9 Å². The lowest BCUT2D eigenvalue weighted by Gasteiger charge is -2.28. The Bertz CT molecular complexity index is 424. The Morgan fingerprint density at radius 3 is 2.67 bits per heavy atom. The SMILES string of the molecule is CC(C)CC(CN)NC(=O)C1CC(=O)N(CCN2CCOCC2)C1. The van der Waals surface area contributed by atoms with Gasteiger partial charge < -0.3 is 20.7 Å². The van der Waals surface area contributed by atoms with Gasteiger partial charge in [0.05, 0.1) is 19.1 Å². The van der Waals surface area contributed by atoms with E-state index >= 15 is 0 Å². The lowest BCUT2D eigenvalue weighted by Crippen LogP contribution is -2.45. The lowest BCUT2D eigenvalue weighted by molar-refractivity contribution is -0.129. The second kappa shape index (κ2) is 9.34. The van der Waals surface area contributed by atoms with E-state index in [-0.39, 0.29) is 23.8 Å². The highest BCUT2D eigenvalue weighted by molar-refractivity contribution is 5.89. The zero-order valence-corrected chi connectivity index (χ0v) is 15.0. The summed E-state index contributed by atoms with van der Waals surface area (Å²) in [6.45, 7) is 10.1. The van der Waals surface area contributed by atoms with Gasteiger partial charge in [-0.2, -0.15) is 0 Å². The number of nitrogens with zero attached hydrogens (tertiary/aromatic N) is 2. The molecule has 2 atom stereocenters. The molecule has 2 rings (SSSR count). The van der Waals surface area contributed by atoms with Crippen LogP contribution in [-0.4, -0.2) is 80.1 Å². The molecule has 7 nitrogen and oxygen atoms in total. The molecule has 2 heterocycles. The number of rotatable bonds is 8. The summed E-state index contributed by atoms with van der Waals surface area (Å²) in [5.74, 6) is 0.280. The standard InChI is InChI=1S/C17H32N4O3/c1-13(2)9-15(11-18)19-17(23)14-10-16(22)21(12-14)4-3-20-5-7-24-8-6-20/h13-15H,3-12,18H2,1-2H3,(H,19,23). The Labute approximate surface area is 144 Å². The van der Waals surface area contributed by atoms with Crippen LogP contribution in [0.3, 0.4) is 0 Å². The number of nitrogens with one attached hydrogen (secondary N) is 1. The summed E-state index contributed by atoms with van der Waals surface area (Å²) in [4.78, 5) is 28.7. The number of hydrogen-bond donors (Lipinski definition) is 2. The second-order valence-corrected chi connectivity index (χ2v) is 7.27. The van der Waals surface area contributed by atoms with Crippen molar-refractivity contribution in [3.8, 4) is 0 Å². The van der Waals surface area contributed by atoms with Gasteiger partial charge in [-0.3, -0.25) is 14.5 Å². The molecule has 2 unspecified atom stereocenters. The van der Waals surface area contributed by atoms with Gasteiger partial charge in [0.25, 0.3) is 0 Å². The average Bonchev–Trinajstić information content (AvgIpc) is 2.94. The molecule has 0 aromatic carbocycles. The van der Waals surface area contributed by atoms with Gasteiger partial charge in [0.15, 0.2) is 0 Å². The number of carbonyl (C=O) groups excluding carboxylic acids is 2. The Morgan fingerprint density at radius 2 is 2.04 bits per heavy atom. The molecule has 0 aromatic rings. The summed E-state index contributed by atoms with van der Waals surface area (Å²) in [5, 5.41) is 3.02. The zero-order chi connectivity index (χ0) is 17.5. The van der Waals surface area contributed by atoms with Crippen molar-refractivity contribution < 1.29 is 14.3 Å². The third-order valence-electron chi connectivity index (χ3n) is 4.76. The van der Waals surface area contributed by atoms with E-state index in [4.69, 9.17) is 10.5 Å². The summed E-state index contributed by atoms with van der Waals surface area (Å²) in [5.41, 5.74) is 5.75. The van der Waals surface area contributed by atoms with Crippen LogP contribution in [0.5, 0.6) is 0 Å². The predicted octanol–water partition coefficient (Wildman–Crippen LogP) is -0.343. The minimum atomic E-state index is -0.247. The van der Waals surface area contributed by atoms with Crippen molar-refractivity contribution in [2.75, 3.05) is 52.5 Å². The molecular weight excluding hydrogens is 308 g/mol. The van der Waals surface area contributed by atoms with Crippen molar-refractivity contribution in [3.05, 3.63) is 0 Å². The van der Waals surface area contributed by atoms with Crippen molar-refractivity contribution in [2.45, 2.75) is 32.7 Å². The van der Waals surface area contributed by atoms with Crippen molar-refractivity contribution in [2.24, 2.45) is 17.6 Å². The monoisotopic (exact) mass is 340 g/mol. The number of amides is 2. The number of hydrogen-bond acceptors (Lipinski definition) is 5. The highest BCUT2D eigenvalue weighted by Gasteiger charge is 2.34. The molecule has 3 N–H and O–H groups in total. The molecule has 138 valence electrons. The van der Waals surface area contributed by atoms with Gasteiger partial charge in [-0.05, 0) is 12.3 Å². The Hall–Kier alpha value is -1.18. The predicted molar refractivity (Wildman–Crippen MR) is 92.4 cm³/mol. The first kappa shape index (κ1) is 19.1. The quantitative estimate of drug-likeness (QED) is 0.631. The van der Waals surface area contributed by atoms with Gasteiger partial charge in [0.1, 0.15) is 0 Å². The first-order valence-corrected chi connectivity index (χ1v) is 9.08. The first-order chi connectivity index (χ1) is 11.5. The van der Waals surface area contributed by atoms with E-state index < -0.39 is 0 Å². The van der Waals surface area contributed by atoms with Gasteiger partial charge in [-0.15, -0.1) is 0 Å². The normalized spacial score (nSPS) is 23.8. The van der Waals surface area contributed by atoms with Crippen LogP contribution in [0.2, 0.25) is 0 Å². The Kier molecular flexibility index (Phi) is 7.45. The molecule has 0 aromatic heterocycles. The molecule has 0 aliphatic carbocycles. The van der Waals surface area contributed by atoms with Crippen LogP contribution in [0.25, 0.3) is 0 Å². The van der Waals surface area contributed by atoms with Crippen molar-refractivity contribution in [1.29, 1.82) is 0 Å². The first-order valence-electron chi connectivity index (χ1n) is 9.08. The maximum absolute atomic E-state index is 12.4. The fourth-order valence-corrected chi connectivity index (χ4v) is 3.35. The Morgan fingerprint density at radius 1 is 1.33 bits per heavy atom. The van der Waals surface area contributed by atoms with Crippen LogP contribution in [0, 0.1) is 11.8 Å². The van der Waals surface area contributed by atoms with Crippen LogP contribution >= 0.6 is 0 Å². The van der Waals surface area contributed by atoms with E-state index in [0.29, 0.717) is 32.0 Å². The molecule has 24 heavy (non-hydrogen) atoms. The molecular formula is C17H32N4O3. The van der Waals surface area contributed by atoms with Gasteiger partial charge in [-0.1, -0.05) is 13.8 Å². The van der Waals surface area contributed by atoms with Gasteiger partial charge in [0.2, 0.25) is 11.8 Å². The molecule has 0 radical (unpaired) electrons. The molecule has 2 fully saturated rings. The zero-order valence-electron chi connectivity index (χ0n) is 15.0. The van der Waals surface area contributed by atoms with E-state index in [2.05, 4.69) is 24.1 Å². The smallest absolute Gasteiger partial charge is 0.225 e. The molecule has 2 saturated heterocycles. The van der Waals surface area contributed by atoms with Crippen molar-refractivity contribution in [3.63, 3.8) is 0 Å². The van der Waals surface area contributed by atoms with Gasteiger partial charge in [-0.25, -0.2) is 0 Å². The van der Waals surface area contributed by atoms with E-state index in [9.17, 15) is 9.59 Å². The van der Waals surface area contributed by atoms with E-state index in [1.54, 1.807) is 0 Å². The van der Waals surface area contributed by atoms with Crippen LogP contribution in [0.15, 0.2) is 0 Å². The number of ether oxygens (including phenoxy) is 1. The highest BCUT2D eigenvalue weighted by atomic mass is 16.5. The number of nitrogens with two attached hydrogens (primary N) is 1. The van der Waals surface area contributed by atoms with E-state index in [0.717, 1.165) is 39.3 Å². The fourth-order valence-electron chi connectivity index (χ4n) is 3.35. The third-order valence-corrected chi connectivity index (χ3v) is 4.76. The molecule has 7 heteroatoms. The second-order valence-electron chi connectivity index (χ2n) is 7.27. The van der Waals surface area contributed by atoms with Crippen molar-refractivity contribution in [1.82, 2.24) is 15.1 Å². The Balaban J connectivity index is 1.76. The average molecular weight is 340 g/mol. The third kappa shape index (κ3) is 5.72. The maximum Gasteiger partial charge on any atom is 0.225 e. The maximum atomic E-state index is 12.4. The minimum absolute atomic E-state index is 0.00463. The van der Waals surface area contributed by atoms with E-state index in [1.165, 1.54) is 0 Å². The van der Waals surface area contributed by atoms with E-state index in [1.807, 2.05) is 4.90 Å². The minimum Gasteiger partial charge on any atom is -0.379 e. The number of likely N-dealkylation sites (tertiary alicyclic amines) is 1. The number of carbonyl (C=O) groups is 2. The van der Waals surface area contributed by atoms with Crippen LogP contribution in [0.4, 0.5) is 0 Å². The summed E-state index contributed by atoms with van der Waals surface area (Å²) in [6, 6.07) is -0.00463. The lowest BCUT2D eigenvalue weighted by atomic mass is 10.0. The molecule has 0 bridgehead atoms. The number of morpholine rings is 1. The summed E-state index contributed by atoms with van der Waals surface area (Å²) < 4.78 is 5.33. The summed E-state index contributed by atoms with van der Waals surface area (Å²) in [7, 11) is 0. The highest BCUT2D eigenvalue weighted by Crippen LogP contribution is 2.18. The molecule has 2 aliphatic rings. The van der Waals surface area contributed by atoms with Crippen molar-refractivity contribution >= 4 is 11.8 Å². The van der Waals surface area contributed by atoms with Gasteiger partial charge in [0, 0.05) is 51.7 Å². The van der Waals surface area contributed by atoms with Crippen LogP contribution < -0.4 is 11.1 Å². The summed E-state index contributed by atoms with van der Waals surface area (Å²) in [6.07, 6.45) is 1.18.